The fraction of sp³-hybridized carbons (Fsp3) is 0.184. The van der Waals surface area contributed by atoms with Crippen LogP contribution in [0.15, 0.2) is 115 Å². The minimum absolute atomic E-state index is 1.28. The quantitative estimate of drug-likeness (QED) is 0.127. The Morgan fingerprint density at radius 1 is 0.340 bits per heavy atom. The molecule has 50 heavy (non-hydrogen) atoms. The molecule has 0 aliphatic heterocycles. The van der Waals surface area contributed by atoms with Gasteiger partial charge in [-0.2, -0.15) is 0 Å². The van der Waals surface area contributed by atoms with E-state index in [0.717, 1.165) is 0 Å². The van der Waals surface area contributed by atoms with Gasteiger partial charge in [0.25, 0.3) is 0 Å². The maximum Gasteiger partial charge on any atom is 0.0775 e. The van der Waals surface area contributed by atoms with E-state index in [0.29, 0.717) is 0 Å². The molecule has 0 saturated carbocycles. The Hall–Kier alpha value is -4.98. The van der Waals surface area contributed by atoms with Crippen LogP contribution in [0.25, 0.3) is 76.8 Å². The predicted molar refractivity (Wildman–Crippen MR) is 223 cm³/mol. The van der Waals surface area contributed by atoms with Gasteiger partial charge in [0.2, 0.25) is 0 Å². The molecule has 0 radical (unpaired) electrons. The van der Waals surface area contributed by atoms with Crippen LogP contribution < -0.4 is 5.19 Å². The summed E-state index contributed by atoms with van der Waals surface area (Å²) in [6.07, 6.45) is 0. The smallest absolute Gasteiger partial charge is 0.0656 e. The zero-order valence-electron chi connectivity index (χ0n) is 31.0. The number of hydrogen-bond donors (Lipinski definition) is 0. The van der Waals surface area contributed by atoms with E-state index in [1.165, 1.54) is 115 Å². The second kappa shape index (κ2) is 11.8. The van der Waals surface area contributed by atoms with Gasteiger partial charge in [-0.3, -0.25) is 0 Å². The van der Waals surface area contributed by atoms with E-state index in [1.54, 1.807) is 0 Å². The number of hydrogen-bond acceptors (Lipinski definition) is 0. The van der Waals surface area contributed by atoms with Crippen LogP contribution in [0.5, 0.6) is 0 Å². The molecule has 0 saturated heterocycles. The first-order valence-corrected chi connectivity index (χ1v) is 21.5. The van der Waals surface area contributed by atoms with Crippen molar-refractivity contribution in [2.45, 2.75) is 61.2 Å². The van der Waals surface area contributed by atoms with Gasteiger partial charge in [0.1, 0.15) is 0 Å². The summed E-state index contributed by atoms with van der Waals surface area (Å²) in [5, 5.41) is 9.51. The van der Waals surface area contributed by atoms with E-state index in [1.807, 2.05) is 0 Å². The van der Waals surface area contributed by atoms with Gasteiger partial charge in [-0.05, 0) is 164 Å². The predicted octanol–water partition coefficient (Wildman–Crippen LogP) is 13.6. The van der Waals surface area contributed by atoms with E-state index in [4.69, 9.17) is 0 Å². The molecule has 0 heterocycles. The first kappa shape index (κ1) is 32.2. The maximum atomic E-state index is 2.49. The van der Waals surface area contributed by atoms with Crippen LogP contribution in [0.1, 0.15) is 33.4 Å². The molecule has 0 amide bonds. The monoisotopic (exact) mass is 662 g/mol. The van der Waals surface area contributed by atoms with Crippen molar-refractivity contribution in [3.05, 3.63) is 149 Å². The molecule has 0 aromatic heterocycles. The Labute approximate surface area is 298 Å². The van der Waals surface area contributed by atoms with E-state index in [-0.39, 0.29) is 0 Å². The van der Waals surface area contributed by atoms with Crippen molar-refractivity contribution in [1.82, 2.24) is 0 Å². The molecule has 246 valence electrons. The van der Waals surface area contributed by atoms with E-state index < -0.39 is 8.07 Å². The molecule has 0 spiro atoms. The van der Waals surface area contributed by atoms with E-state index in [9.17, 15) is 0 Å². The van der Waals surface area contributed by atoms with Crippen molar-refractivity contribution in [1.29, 1.82) is 0 Å². The van der Waals surface area contributed by atoms with Crippen LogP contribution in [0.4, 0.5) is 0 Å². The molecule has 0 N–H and O–H groups in total. The summed E-state index contributed by atoms with van der Waals surface area (Å²) in [7, 11) is -1.44. The van der Waals surface area contributed by atoms with Gasteiger partial charge in [0.15, 0.2) is 0 Å². The lowest BCUT2D eigenvalue weighted by atomic mass is 9.79. The van der Waals surface area contributed by atoms with Gasteiger partial charge in [-0.1, -0.05) is 128 Å². The lowest BCUT2D eigenvalue weighted by Crippen LogP contribution is -2.37. The molecule has 0 bridgehead atoms. The lowest BCUT2D eigenvalue weighted by Gasteiger charge is -2.24. The summed E-state index contributed by atoms with van der Waals surface area (Å²) >= 11 is 0. The molecule has 0 atom stereocenters. The third kappa shape index (κ3) is 5.02. The minimum Gasteiger partial charge on any atom is -0.0656 e. The van der Waals surface area contributed by atoms with Crippen LogP contribution >= 0.6 is 0 Å². The molecular weight excluding hydrogens is 617 g/mol. The van der Waals surface area contributed by atoms with Crippen LogP contribution in [-0.4, -0.2) is 8.07 Å². The second-order valence-corrected chi connectivity index (χ2v) is 20.7. The summed E-state index contributed by atoms with van der Waals surface area (Å²) in [6.45, 7) is 20.9. The molecule has 8 aromatic carbocycles. The summed E-state index contributed by atoms with van der Waals surface area (Å²) in [5.74, 6) is 0. The van der Waals surface area contributed by atoms with Crippen molar-refractivity contribution in [2.24, 2.45) is 0 Å². The average molecular weight is 663 g/mol. The fourth-order valence-electron chi connectivity index (χ4n) is 8.72. The second-order valence-electron chi connectivity index (χ2n) is 15.6. The van der Waals surface area contributed by atoms with Crippen LogP contribution in [0, 0.1) is 41.5 Å². The fourth-order valence-corrected chi connectivity index (χ4v) is 9.89. The molecule has 8 rings (SSSR count). The molecule has 8 aromatic rings. The van der Waals surface area contributed by atoms with Gasteiger partial charge in [-0.15, -0.1) is 0 Å². The van der Waals surface area contributed by atoms with Crippen LogP contribution in [0.3, 0.4) is 0 Å². The van der Waals surface area contributed by atoms with E-state index in [2.05, 4.69) is 176 Å². The third-order valence-corrected chi connectivity index (χ3v) is 13.3. The van der Waals surface area contributed by atoms with Gasteiger partial charge in [-0.25, -0.2) is 0 Å². The van der Waals surface area contributed by atoms with Gasteiger partial charge < -0.3 is 0 Å². The van der Waals surface area contributed by atoms with Crippen molar-refractivity contribution < 1.29 is 0 Å². The standard InChI is InChI=1S/C49H46Si/c1-29-13-10-14-30(2)45(29)42-27-41(35-19-21-36(22-20-35)50(7,8)9)37-23-24-39-43(46-31(3)15-11-16-32(46)4)28-44(47-33(5)17-12-18-34(47)6)40-26-25-38(42)48(37)49(39)40/h10-28H,1-9H3. The Balaban J connectivity index is 1.60. The Kier molecular flexibility index (Phi) is 7.62. The highest BCUT2D eigenvalue weighted by Crippen LogP contribution is 2.50. The molecule has 0 aliphatic rings. The van der Waals surface area contributed by atoms with Crippen molar-refractivity contribution in [3.63, 3.8) is 0 Å². The largest absolute Gasteiger partial charge is 0.0775 e. The summed E-state index contributed by atoms with van der Waals surface area (Å²) in [6, 6.07) is 44.3. The molecule has 0 fully saturated rings. The van der Waals surface area contributed by atoms with Crippen molar-refractivity contribution in [2.75, 3.05) is 0 Å². The zero-order valence-corrected chi connectivity index (χ0v) is 32.0. The molecular formula is C49H46Si. The topological polar surface area (TPSA) is 0 Å². The highest BCUT2D eigenvalue weighted by atomic mass is 28.3. The summed E-state index contributed by atoms with van der Waals surface area (Å²) < 4.78 is 0. The Bertz CT molecular complexity index is 2480. The summed E-state index contributed by atoms with van der Waals surface area (Å²) in [4.78, 5) is 0. The average Bonchev–Trinajstić information content (AvgIpc) is 3.07. The molecule has 0 aliphatic carbocycles. The minimum atomic E-state index is -1.44. The van der Waals surface area contributed by atoms with Crippen LogP contribution in [0.2, 0.25) is 19.6 Å². The van der Waals surface area contributed by atoms with Gasteiger partial charge in [0, 0.05) is 0 Å². The number of rotatable bonds is 5. The number of benzene rings is 8. The molecule has 0 nitrogen and oxygen atoms in total. The molecule has 0 unspecified atom stereocenters. The first-order valence-electron chi connectivity index (χ1n) is 18.0. The first-order chi connectivity index (χ1) is 23.9. The van der Waals surface area contributed by atoms with Gasteiger partial charge in [0.05, 0.1) is 8.07 Å². The van der Waals surface area contributed by atoms with Gasteiger partial charge >= 0.3 is 0 Å². The normalized spacial score (nSPS) is 12.1. The van der Waals surface area contributed by atoms with Crippen molar-refractivity contribution in [3.8, 4) is 44.5 Å². The number of aryl methyl sites for hydroxylation is 6. The molecule has 1 heteroatoms. The van der Waals surface area contributed by atoms with Crippen LogP contribution in [-0.2, 0) is 0 Å². The highest BCUT2D eigenvalue weighted by Gasteiger charge is 2.24. The maximum absolute atomic E-state index is 2.49. The van der Waals surface area contributed by atoms with E-state index >= 15 is 0 Å². The zero-order chi connectivity index (χ0) is 35.1. The third-order valence-electron chi connectivity index (χ3n) is 11.2. The summed E-state index contributed by atoms with van der Waals surface area (Å²) in [5.41, 5.74) is 18.4. The SMILES string of the molecule is Cc1cccc(C)c1-c1cc(-c2ccc([Si](C)(C)C)cc2)c2ccc3c(-c4c(C)cccc4C)cc(-c4c(C)cccc4C)c4ccc1c2c34. The van der Waals surface area contributed by atoms with Crippen molar-refractivity contribution >= 4 is 45.6 Å². The highest BCUT2D eigenvalue weighted by molar-refractivity contribution is 6.88. The Morgan fingerprint density at radius 3 is 0.960 bits per heavy atom. The Morgan fingerprint density at radius 2 is 0.640 bits per heavy atom. The lowest BCUT2D eigenvalue weighted by molar-refractivity contribution is 1.37.